The Morgan fingerprint density at radius 2 is 1.33 bits per heavy atom. The van der Waals surface area contributed by atoms with Crippen LogP contribution in [0.4, 0.5) is 0 Å². The fourth-order valence-corrected chi connectivity index (χ4v) is 3.16. The van der Waals surface area contributed by atoms with Gasteiger partial charge in [0.25, 0.3) is 0 Å². The normalized spacial score (nSPS) is 11.2. The Morgan fingerprint density at radius 3 is 1.96 bits per heavy atom. The van der Waals surface area contributed by atoms with Gasteiger partial charge in [0.05, 0.1) is 13.2 Å². The highest BCUT2D eigenvalue weighted by Gasteiger charge is 2.09. The molecule has 0 unspecified atom stereocenters. The van der Waals surface area contributed by atoms with Crippen molar-refractivity contribution in [2.75, 3.05) is 40.4 Å². The van der Waals surface area contributed by atoms with Gasteiger partial charge in [0.2, 0.25) is 0 Å². The van der Waals surface area contributed by atoms with Crippen LogP contribution in [0.1, 0.15) is 12.8 Å². The number of rotatable bonds is 10. The number of benzene rings is 3. The van der Waals surface area contributed by atoms with Crippen molar-refractivity contribution in [1.82, 2.24) is 10.6 Å². The van der Waals surface area contributed by atoms with Gasteiger partial charge in [-0.25, -0.2) is 0 Å². The number of hydrogen-bond acceptors (Lipinski definition) is 5. The van der Waals surface area contributed by atoms with Crippen LogP contribution in [-0.4, -0.2) is 45.5 Å². The molecule has 0 saturated heterocycles. The zero-order valence-electron chi connectivity index (χ0n) is 16.0. The molecule has 3 aromatic carbocycles. The molecule has 0 amide bonds. The SMILES string of the molecule is CNCCCOc1ccc2c(c1)cc(O)c1cc(OCCCNC)ccc12. The van der Waals surface area contributed by atoms with Gasteiger partial charge < -0.3 is 25.2 Å². The molecule has 0 radical (unpaired) electrons. The molecule has 0 aliphatic rings. The second-order valence-corrected chi connectivity index (χ2v) is 6.60. The molecule has 0 heterocycles. The van der Waals surface area contributed by atoms with Gasteiger partial charge >= 0.3 is 0 Å². The van der Waals surface area contributed by atoms with Crippen molar-refractivity contribution in [2.24, 2.45) is 0 Å². The van der Waals surface area contributed by atoms with E-state index in [0.717, 1.165) is 59.0 Å². The van der Waals surface area contributed by atoms with Gasteiger partial charge in [-0.2, -0.15) is 0 Å². The Labute approximate surface area is 160 Å². The lowest BCUT2D eigenvalue weighted by Gasteiger charge is -2.12. The molecule has 0 aliphatic carbocycles. The van der Waals surface area contributed by atoms with Crippen LogP contribution in [0, 0.1) is 0 Å². The molecule has 0 bridgehead atoms. The fraction of sp³-hybridized carbons (Fsp3) is 0.364. The highest BCUT2D eigenvalue weighted by Crippen LogP contribution is 2.36. The highest BCUT2D eigenvalue weighted by atomic mass is 16.5. The van der Waals surface area contributed by atoms with Crippen molar-refractivity contribution in [3.05, 3.63) is 42.5 Å². The summed E-state index contributed by atoms with van der Waals surface area (Å²) < 4.78 is 11.6. The average molecular weight is 368 g/mol. The van der Waals surface area contributed by atoms with E-state index >= 15 is 0 Å². The molecular formula is C22H28N2O3. The Hall–Kier alpha value is -2.50. The quantitative estimate of drug-likeness (QED) is 0.376. The number of fused-ring (bicyclic) bond motifs is 3. The zero-order chi connectivity index (χ0) is 19.1. The summed E-state index contributed by atoms with van der Waals surface area (Å²) in [7, 11) is 3.86. The van der Waals surface area contributed by atoms with Crippen molar-refractivity contribution in [3.63, 3.8) is 0 Å². The molecule has 5 heteroatoms. The van der Waals surface area contributed by atoms with Gasteiger partial charge in [-0.05, 0) is 92.6 Å². The number of phenolic OH excluding ortho intramolecular Hbond substituents is 1. The summed E-state index contributed by atoms with van der Waals surface area (Å²) in [4.78, 5) is 0. The van der Waals surface area contributed by atoms with E-state index in [-0.39, 0.29) is 5.75 Å². The summed E-state index contributed by atoms with van der Waals surface area (Å²) in [5, 5.41) is 20.6. The van der Waals surface area contributed by atoms with Crippen LogP contribution in [-0.2, 0) is 0 Å². The van der Waals surface area contributed by atoms with Gasteiger partial charge in [-0.15, -0.1) is 0 Å². The van der Waals surface area contributed by atoms with Crippen LogP contribution in [0.15, 0.2) is 42.5 Å². The Morgan fingerprint density at radius 1 is 0.741 bits per heavy atom. The number of hydrogen-bond donors (Lipinski definition) is 3. The molecule has 0 aliphatic heterocycles. The van der Waals surface area contributed by atoms with Gasteiger partial charge in [0, 0.05) is 5.39 Å². The van der Waals surface area contributed by atoms with Crippen LogP contribution in [0.5, 0.6) is 17.2 Å². The van der Waals surface area contributed by atoms with E-state index in [1.54, 1.807) is 6.07 Å². The van der Waals surface area contributed by atoms with Gasteiger partial charge in [0.15, 0.2) is 0 Å². The molecule has 0 fully saturated rings. The third-order valence-corrected chi connectivity index (χ3v) is 4.55. The van der Waals surface area contributed by atoms with Crippen LogP contribution >= 0.6 is 0 Å². The number of ether oxygens (including phenoxy) is 2. The minimum atomic E-state index is 0.255. The van der Waals surface area contributed by atoms with E-state index in [0.29, 0.717) is 13.2 Å². The third-order valence-electron chi connectivity index (χ3n) is 4.55. The minimum absolute atomic E-state index is 0.255. The standard InChI is InChI=1S/C22H28N2O3/c1-23-9-3-11-26-17-5-7-19-16(13-17)14-22(25)21-15-18(6-8-20(19)21)27-12-4-10-24-2/h5-8,13-15,23-25H,3-4,9-12H2,1-2H3. The molecule has 27 heavy (non-hydrogen) atoms. The summed E-state index contributed by atoms with van der Waals surface area (Å²) >= 11 is 0. The Balaban J connectivity index is 1.83. The molecule has 5 nitrogen and oxygen atoms in total. The third kappa shape index (κ3) is 4.81. The van der Waals surface area contributed by atoms with Crippen LogP contribution in [0.2, 0.25) is 0 Å². The molecule has 3 rings (SSSR count). The monoisotopic (exact) mass is 368 g/mol. The molecule has 0 saturated carbocycles. The fourth-order valence-electron chi connectivity index (χ4n) is 3.16. The zero-order valence-corrected chi connectivity index (χ0v) is 16.0. The maximum atomic E-state index is 10.5. The first kappa shape index (κ1) is 19.3. The minimum Gasteiger partial charge on any atom is -0.507 e. The largest absolute Gasteiger partial charge is 0.507 e. The van der Waals surface area contributed by atoms with Gasteiger partial charge in [-0.3, -0.25) is 0 Å². The summed E-state index contributed by atoms with van der Waals surface area (Å²) in [5.41, 5.74) is 0. The van der Waals surface area contributed by atoms with E-state index in [9.17, 15) is 5.11 Å². The van der Waals surface area contributed by atoms with E-state index in [4.69, 9.17) is 9.47 Å². The lowest BCUT2D eigenvalue weighted by atomic mass is 10.0. The van der Waals surface area contributed by atoms with Crippen LogP contribution < -0.4 is 20.1 Å². The molecular weight excluding hydrogens is 340 g/mol. The van der Waals surface area contributed by atoms with E-state index in [2.05, 4.69) is 16.7 Å². The maximum absolute atomic E-state index is 10.5. The summed E-state index contributed by atoms with van der Waals surface area (Å²) in [6, 6.07) is 13.7. The van der Waals surface area contributed by atoms with Crippen molar-refractivity contribution < 1.29 is 14.6 Å². The molecule has 144 valence electrons. The van der Waals surface area contributed by atoms with Gasteiger partial charge in [-0.1, -0.05) is 6.07 Å². The van der Waals surface area contributed by atoms with Crippen LogP contribution in [0.25, 0.3) is 21.5 Å². The first-order valence-electron chi connectivity index (χ1n) is 9.47. The Kier molecular flexibility index (Phi) is 6.74. The summed E-state index contributed by atoms with van der Waals surface area (Å²) in [6.45, 7) is 3.16. The second-order valence-electron chi connectivity index (χ2n) is 6.60. The predicted molar refractivity (Wildman–Crippen MR) is 111 cm³/mol. The molecule has 0 atom stereocenters. The van der Waals surface area contributed by atoms with Gasteiger partial charge in [0.1, 0.15) is 17.2 Å². The van der Waals surface area contributed by atoms with Crippen LogP contribution in [0.3, 0.4) is 0 Å². The molecule has 3 aromatic rings. The smallest absolute Gasteiger partial charge is 0.124 e. The maximum Gasteiger partial charge on any atom is 0.124 e. The number of aromatic hydroxyl groups is 1. The highest BCUT2D eigenvalue weighted by molar-refractivity contribution is 6.10. The summed E-state index contributed by atoms with van der Waals surface area (Å²) in [5.74, 6) is 1.85. The van der Waals surface area contributed by atoms with Crippen molar-refractivity contribution in [1.29, 1.82) is 0 Å². The average Bonchev–Trinajstić information content (AvgIpc) is 2.69. The lowest BCUT2D eigenvalue weighted by Crippen LogP contribution is -2.11. The lowest BCUT2D eigenvalue weighted by molar-refractivity contribution is 0.310. The first-order valence-corrected chi connectivity index (χ1v) is 9.47. The number of nitrogens with one attached hydrogen (secondary N) is 2. The van der Waals surface area contributed by atoms with Crippen molar-refractivity contribution in [3.8, 4) is 17.2 Å². The molecule has 0 spiro atoms. The topological polar surface area (TPSA) is 62.8 Å². The molecule has 3 N–H and O–H groups in total. The Bertz CT molecular complexity index is 895. The predicted octanol–water partition coefficient (Wildman–Crippen LogP) is 3.68. The number of phenols is 1. The van der Waals surface area contributed by atoms with E-state index in [1.807, 2.05) is 44.4 Å². The van der Waals surface area contributed by atoms with Crippen molar-refractivity contribution >= 4 is 21.5 Å². The molecule has 0 aromatic heterocycles. The first-order chi connectivity index (χ1) is 13.2. The van der Waals surface area contributed by atoms with E-state index in [1.165, 1.54) is 0 Å². The summed E-state index contributed by atoms with van der Waals surface area (Å²) in [6.07, 6.45) is 1.89. The van der Waals surface area contributed by atoms with E-state index < -0.39 is 0 Å². The van der Waals surface area contributed by atoms with Crippen molar-refractivity contribution in [2.45, 2.75) is 12.8 Å². The second kappa shape index (κ2) is 9.44.